The smallest absolute Gasteiger partial charge is 0.200 e. The highest BCUT2D eigenvalue weighted by Crippen LogP contribution is 2.24. The maximum absolute atomic E-state index is 12.4. The van der Waals surface area contributed by atoms with Crippen LogP contribution in [0.3, 0.4) is 0 Å². The van der Waals surface area contributed by atoms with Gasteiger partial charge in [0.05, 0.1) is 18.6 Å². The topological polar surface area (TPSA) is 61.1 Å². The standard InChI is InChI=1S/C21H21NO5/c23-19-15-21(22-8-10-24-11-9-22)27-20-14-17(6-7-18(19)20)26-13-12-25-16-4-2-1-3-5-16/h1-7,14-15H,8-13H2. The van der Waals surface area contributed by atoms with Crippen LogP contribution in [-0.4, -0.2) is 39.5 Å². The monoisotopic (exact) mass is 367 g/mol. The van der Waals surface area contributed by atoms with Crippen molar-refractivity contribution in [3.05, 3.63) is 64.8 Å². The summed E-state index contributed by atoms with van der Waals surface area (Å²) in [5, 5.41) is 0.542. The zero-order valence-electron chi connectivity index (χ0n) is 14.9. The van der Waals surface area contributed by atoms with E-state index in [-0.39, 0.29) is 5.43 Å². The number of hydrogen-bond acceptors (Lipinski definition) is 6. The minimum absolute atomic E-state index is 0.0586. The maximum Gasteiger partial charge on any atom is 0.200 e. The molecule has 0 aliphatic carbocycles. The number of para-hydroxylation sites is 1. The van der Waals surface area contributed by atoms with Crippen molar-refractivity contribution in [2.45, 2.75) is 0 Å². The lowest BCUT2D eigenvalue weighted by Gasteiger charge is -2.27. The van der Waals surface area contributed by atoms with Gasteiger partial charge in [-0.3, -0.25) is 4.79 Å². The molecule has 1 saturated heterocycles. The van der Waals surface area contributed by atoms with E-state index in [0.717, 1.165) is 5.75 Å². The van der Waals surface area contributed by atoms with Gasteiger partial charge in [-0.15, -0.1) is 0 Å². The van der Waals surface area contributed by atoms with E-state index in [1.54, 1.807) is 24.3 Å². The van der Waals surface area contributed by atoms with E-state index in [1.165, 1.54) is 0 Å². The van der Waals surface area contributed by atoms with E-state index in [0.29, 0.717) is 62.1 Å². The predicted molar refractivity (Wildman–Crippen MR) is 103 cm³/mol. The van der Waals surface area contributed by atoms with Crippen molar-refractivity contribution in [3.63, 3.8) is 0 Å². The third kappa shape index (κ3) is 4.23. The first-order chi connectivity index (χ1) is 13.3. The Morgan fingerprint density at radius 2 is 1.63 bits per heavy atom. The Morgan fingerprint density at radius 1 is 0.889 bits per heavy atom. The number of morpholine rings is 1. The highest BCUT2D eigenvalue weighted by Gasteiger charge is 2.15. The van der Waals surface area contributed by atoms with Crippen LogP contribution in [0.2, 0.25) is 0 Å². The van der Waals surface area contributed by atoms with Crippen LogP contribution in [-0.2, 0) is 4.74 Å². The zero-order chi connectivity index (χ0) is 18.5. The van der Waals surface area contributed by atoms with Crippen LogP contribution in [0.5, 0.6) is 11.5 Å². The summed E-state index contributed by atoms with van der Waals surface area (Å²) < 4.78 is 22.7. The highest BCUT2D eigenvalue weighted by atomic mass is 16.5. The summed E-state index contributed by atoms with van der Waals surface area (Å²) in [7, 11) is 0. The molecule has 0 radical (unpaired) electrons. The number of rotatable bonds is 6. The van der Waals surface area contributed by atoms with E-state index in [1.807, 2.05) is 35.2 Å². The van der Waals surface area contributed by atoms with Crippen molar-refractivity contribution < 1.29 is 18.6 Å². The summed E-state index contributed by atoms with van der Waals surface area (Å²) in [6.07, 6.45) is 0. The molecule has 3 aromatic rings. The Bertz CT molecular complexity index is 948. The van der Waals surface area contributed by atoms with E-state index >= 15 is 0 Å². The fourth-order valence-electron chi connectivity index (χ4n) is 2.99. The molecule has 2 aromatic carbocycles. The quantitative estimate of drug-likeness (QED) is 0.624. The lowest BCUT2D eigenvalue weighted by atomic mass is 10.2. The molecular weight excluding hydrogens is 346 g/mol. The van der Waals surface area contributed by atoms with Crippen LogP contribution in [0.15, 0.2) is 63.8 Å². The van der Waals surface area contributed by atoms with Gasteiger partial charge in [-0.2, -0.15) is 0 Å². The third-order valence-corrected chi connectivity index (χ3v) is 4.37. The van der Waals surface area contributed by atoms with Crippen LogP contribution >= 0.6 is 0 Å². The second-order valence-electron chi connectivity index (χ2n) is 6.22. The van der Waals surface area contributed by atoms with Crippen LogP contribution in [0, 0.1) is 0 Å². The van der Waals surface area contributed by atoms with Crippen molar-refractivity contribution in [2.75, 3.05) is 44.4 Å². The van der Waals surface area contributed by atoms with Crippen molar-refractivity contribution >= 4 is 16.9 Å². The minimum atomic E-state index is -0.0586. The van der Waals surface area contributed by atoms with E-state index in [9.17, 15) is 4.79 Å². The number of ether oxygens (including phenoxy) is 3. The summed E-state index contributed by atoms with van der Waals surface area (Å²) in [6, 6.07) is 16.4. The number of fused-ring (bicyclic) bond motifs is 1. The molecule has 0 amide bonds. The fraction of sp³-hybridized carbons (Fsp3) is 0.286. The molecule has 2 heterocycles. The van der Waals surface area contributed by atoms with Gasteiger partial charge in [0, 0.05) is 25.2 Å². The summed E-state index contributed by atoms with van der Waals surface area (Å²) in [4.78, 5) is 14.4. The average molecular weight is 367 g/mol. The molecule has 6 nitrogen and oxygen atoms in total. The van der Waals surface area contributed by atoms with Gasteiger partial charge in [0.2, 0.25) is 0 Å². The Labute approximate surface area is 156 Å². The van der Waals surface area contributed by atoms with Gasteiger partial charge in [-0.1, -0.05) is 18.2 Å². The molecule has 1 aliphatic rings. The molecule has 0 bridgehead atoms. The normalized spacial score (nSPS) is 14.3. The molecule has 0 spiro atoms. The highest BCUT2D eigenvalue weighted by molar-refractivity contribution is 5.79. The minimum Gasteiger partial charge on any atom is -0.490 e. The van der Waals surface area contributed by atoms with Crippen LogP contribution < -0.4 is 19.8 Å². The van der Waals surface area contributed by atoms with E-state index < -0.39 is 0 Å². The summed E-state index contributed by atoms with van der Waals surface area (Å²) in [5.41, 5.74) is 0.460. The van der Waals surface area contributed by atoms with E-state index in [4.69, 9.17) is 18.6 Å². The maximum atomic E-state index is 12.4. The molecule has 27 heavy (non-hydrogen) atoms. The zero-order valence-corrected chi connectivity index (χ0v) is 14.9. The van der Waals surface area contributed by atoms with Gasteiger partial charge in [-0.25, -0.2) is 0 Å². The molecule has 140 valence electrons. The molecule has 1 aromatic heterocycles. The Hall–Kier alpha value is -2.99. The van der Waals surface area contributed by atoms with Crippen molar-refractivity contribution in [1.82, 2.24) is 0 Å². The predicted octanol–water partition coefficient (Wildman–Crippen LogP) is 3.09. The second kappa shape index (κ2) is 8.14. The van der Waals surface area contributed by atoms with E-state index in [2.05, 4.69) is 0 Å². The molecule has 0 saturated carbocycles. The molecule has 1 aliphatic heterocycles. The van der Waals surface area contributed by atoms with Gasteiger partial charge in [0.1, 0.15) is 30.3 Å². The lowest BCUT2D eigenvalue weighted by Crippen LogP contribution is -2.36. The van der Waals surface area contributed by atoms with Gasteiger partial charge in [-0.05, 0) is 24.3 Å². The Morgan fingerprint density at radius 3 is 2.41 bits per heavy atom. The van der Waals surface area contributed by atoms with Crippen LogP contribution in [0.25, 0.3) is 11.0 Å². The first-order valence-electron chi connectivity index (χ1n) is 9.01. The second-order valence-corrected chi connectivity index (χ2v) is 6.22. The van der Waals surface area contributed by atoms with Crippen LogP contribution in [0.4, 0.5) is 5.88 Å². The lowest BCUT2D eigenvalue weighted by molar-refractivity contribution is 0.121. The summed E-state index contributed by atoms with van der Waals surface area (Å²) >= 11 is 0. The molecule has 1 fully saturated rings. The first-order valence-corrected chi connectivity index (χ1v) is 9.01. The summed E-state index contributed by atoms with van der Waals surface area (Å²) in [6.45, 7) is 3.51. The largest absolute Gasteiger partial charge is 0.490 e. The first kappa shape index (κ1) is 17.4. The van der Waals surface area contributed by atoms with Crippen molar-refractivity contribution in [1.29, 1.82) is 0 Å². The fourth-order valence-corrected chi connectivity index (χ4v) is 2.99. The number of anilines is 1. The number of benzene rings is 2. The summed E-state index contributed by atoms with van der Waals surface area (Å²) in [5.74, 6) is 2.02. The van der Waals surface area contributed by atoms with Crippen molar-refractivity contribution in [3.8, 4) is 11.5 Å². The van der Waals surface area contributed by atoms with Crippen LogP contribution in [0.1, 0.15) is 0 Å². The molecule has 4 rings (SSSR count). The van der Waals surface area contributed by atoms with Gasteiger partial charge >= 0.3 is 0 Å². The molecule has 0 N–H and O–H groups in total. The Kier molecular flexibility index (Phi) is 5.25. The Balaban J connectivity index is 1.45. The molecule has 0 unspecified atom stereocenters. The molecule has 6 heteroatoms. The molecular formula is C21H21NO5. The number of nitrogens with zero attached hydrogens (tertiary/aromatic N) is 1. The third-order valence-electron chi connectivity index (χ3n) is 4.37. The van der Waals surface area contributed by atoms with Gasteiger partial charge < -0.3 is 23.5 Å². The average Bonchev–Trinajstić information content (AvgIpc) is 2.72. The van der Waals surface area contributed by atoms with Gasteiger partial charge in [0.25, 0.3) is 0 Å². The number of hydrogen-bond donors (Lipinski definition) is 0. The van der Waals surface area contributed by atoms with Gasteiger partial charge in [0.15, 0.2) is 11.3 Å². The SMILES string of the molecule is O=c1cc(N2CCOCC2)oc2cc(OCCOc3ccccc3)ccc12. The van der Waals surface area contributed by atoms with Crippen molar-refractivity contribution in [2.24, 2.45) is 0 Å². The molecule has 0 atom stereocenters.